The number of nitrogens with one attached hydrogen (secondary N) is 2. The molecule has 196 valence electrons. The SMILES string of the molecule is COc1cc(CNC2CN(S(C)(=O)=O)C2)ccc1Cn1ncc2nc(N)nc(NCc3noc(C)n3)c21. The van der Waals surface area contributed by atoms with Crippen LogP contribution in [0.5, 0.6) is 5.75 Å². The number of rotatable bonds is 10. The van der Waals surface area contributed by atoms with Crippen molar-refractivity contribution in [1.29, 1.82) is 0 Å². The third-order valence-corrected chi connectivity index (χ3v) is 7.31. The average molecular weight is 529 g/mol. The van der Waals surface area contributed by atoms with Gasteiger partial charge in [0, 0.05) is 38.2 Å². The first-order valence-electron chi connectivity index (χ1n) is 11.6. The Hall–Kier alpha value is -3.82. The monoisotopic (exact) mass is 528 g/mol. The molecule has 1 aliphatic rings. The Balaban J connectivity index is 1.31. The predicted molar refractivity (Wildman–Crippen MR) is 135 cm³/mol. The Kier molecular flexibility index (Phi) is 6.66. The van der Waals surface area contributed by atoms with Crippen molar-refractivity contribution in [3.8, 4) is 5.75 Å². The number of hydrogen-bond donors (Lipinski definition) is 3. The van der Waals surface area contributed by atoms with Crippen LogP contribution in [0.15, 0.2) is 28.9 Å². The van der Waals surface area contributed by atoms with Crippen molar-refractivity contribution in [1.82, 2.24) is 39.5 Å². The summed E-state index contributed by atoms with van der Waals surface area (Å²) in [4.78, 5) is 12.9. The molecule has 0 aliphatic carbocycles. The van der Waals surface area contributed by atoms with Crippen LogP contribution in [0.2, 0.25) is 0 Å². The normalized spacial score (nSPS) is 14.7. The maximum atomic E-state index is 11.6. The highest BCUT2D eigenvalue weighted by Crippen LogP contribution is 2.26. The second-order valence-electron chi connectivity index (χ2n) is 8.85. The van der Waals surface area contributed by atoms with E-state index in [9.17, 15) is 8.42 Å². The zero-order valence-corrected chi connectivity index (χ0v) is 21.5. The number of aromatic nitrogens is 6. The van der Waals surface area contributed by atoms with E-state index in [4.69, 9.17) is 15.0 Å². The Bertz CT molecular complexity index is 1530. The zero-order chi connectivity index (χ0) is 26.2. The largest absolute Gasteiger partial charge is 0.496 e. The summed E-state index contributed by atoms with van der Waals surface area (Å²) in [5.41, 5.74) is 9.13. The molecule has 4 aromatic rings. The van der Waals surface area contributed by atoms with E-state index < -0.39 is 10.0 Å². The minimum atomic E-state index is -3.13. The third-order valence-electron chi connectivity index (χ3n) is 6.07. The van der Waals surface area contributed by atoms with Gasteiger partial charge in [0.05, 0.1) is 32.7 Å². The lowest BCUT2D eigenvalue weighted by atomic mass is 10.1. The number of nitrogens with zero attached hydrogens (tertiary/aromatic N) is 7. The zero-order valence-electron chi connectivity index (χ0n) is 20.7. The van der Waals surface area contributed by atoms with Crippen molar-refractivity contribution in [3.63, 3.8) is 0 Å². The highest BCUT2D eigenvalue weighted by molar-refractivity contribution is 7.88. The van der Waals surface area contributed by atoms with Gasteiger partial charge in [0.1, 0.15) is 16.8 Å². The van der Waals surface area contributed by atoms with Crippen LogP contribution in [0.1, 0.15) is 22.8 Å². The molecule has 0 unspecified atom stereocenters. The molecule has 4 heterocycles. The number of fused-ring (bicyclic) bond motifs is 1. The number of sulfonamides is 1. The van der Waals surface area contributed by atoms with Crippen molar-refractivity contribution >= 4 is 32.8 Å². The molecule has 14 nitrogen and oxygen atoms in total. The number of nitrogens with two attached hydrogens (primary N) is 1. The number of aryl methyl sites for hydroxylation is 1. The number of nitrogen functional groups attached to an aromatic ring is 1. The van der Waals surface area contributed by atoms with Crippen LogP contribution in [0.3, 0.4) is 0 Å². The van der Waals surface area contributed by atoms with Crippen molar-refractivity contribution in [2.24, 2.45) is 0 Å². The Morgan fingerprint density at radius 2 is 2.03 bits per heavy atom. The van der Waals surface area contributed by atoms with Gasteiger partial charge in [-0.3, -0.25) is 4.68 Å². The van der Waals surface area contributed by atoms with Gasteiger partial charge in [0.25, 0.3) is 0 Å². The molecular weight excluding hydrogens is 500 g/mol. The van der Waals surface area contributed by atoms with E-state index >= 15 is 0 Å². The lowest BCUT2D eigenvalue weighted by molar-refractivity contribution is 0.227. The quantitative estimate of drug-likeness (QED) is 0.260. The molecule has 0 radical (unpaired) electrons. The Labute approximate surface area is 213 Å². The van der Waals surface area contributed by atoms with Crippen LogP contribution in [0.4, 0.5) is 11.8 Å². The van der Waals surface area contributed by atoms with Crippen LogP contribution in [-0.4, -0.2) is 75.1 Å². The average Bonchev–Trinajstić information content (AvgIpc) is 3.42. The summed E-state index contributed by atoms with van der Waals surface area (Å²) in [6, 6.07) is 6.09. The van der Waals surface area contributed by atoms with E-state index in [0.717, 1.165) is 11.1 Å². The van der Waals surface area contributed by atoms with Crippen molar-refractivity contribution in [3.05, 3.63) is 47.2 Å². The van der Waals surface area contributed by atoms with Crippen LogP contribution in [0, 0.1) is 6.92 Å². The molecule has 0 spiro atoms. The minimum absolute atomic E-state index is 0.124. The molecule has 3 aromatic heterocycles. The van der Waals surface area contributed by atoms with Gasteiger partial charge in [-0.2, -0.15) is 19.4 Å². The number of anilines is 2. The molecule has 0 bridgehead atoms. The van der Waals surface area contributed by atoms with Crippen LogP contribution in [-0.2, 0) is 29.7 Å². The summed E-state index contributed by atoms with van der Waals surface area (Å²) in [5.74, 6) is 2.31. The minimum Gasteiger partial charge on any atom is -0.496 e. The molecule has 15 heteroatoms. The topological polar surface area (TPSA) is 179 Å². The molecule has 0 atom stereocenters. The van der Waals surface area contributed by atoms with Gasteiger partial charge < -0.3 is 25.6 Å². The van der Waals surface area contributed by atoms with Gasteiger partial charge in [-0.1, -0.05) is 17.3 Å². The lowest BCUT2D eigenvalue weighted by Gasteiger charge is -2.37. The first-order valence-corrected chi connectivity index (χ1v) is 13.4. The van der Waals surface area contributed by atoms with Crippen LogP contribution < -0.4 is 21.1 Å². The fourth-order valence-electron chi connectivity index (χ4n) is 4.13. The molecule has 37 heavy (non-hydrogen) atoms. The summed E-state index contributed by atoms with van der Waals surface area (Å²) in [6.45, 7) is 3.99. The molecule has 1 saturated heterocycles. The van der Waals surface area contributed by atoms with Crippen molar-refractivity contribution in [2.45, 2.75) is 32.6 Å². The number of benzene rings is 1. The van der Waals surface area contributed by atoms with Gasteiger partial charge >= 0.3 is 0 Å². The second kappa shape index (κ2) is 9.91. The van der Waals surface area contributed by atoms with E-state index in [2.05, 4.69) is 35.8 Å². The summed E-state index contributed by atoms with van der Waals surface area (Å²) >= 11 is 0. The molecule has 1 aliphatic heterocycles. The maximum Gasteiger partial charge on any atom is 0.223 e. The smallest absolute Gasteiger partial charge is 0.223 e. The van der Waals surface area contributed by atoms with Crippen molar-refractivity contribution < 1.29 is 17.7 Å². The van der Waals surface area contributed by atoms with Gasteiger partial charge in [-0.25, -0.2) is 13.4 Å². The first-order chi connectivity index (χ1) is 17.7. The van der Waals surface area contributed by atoms with Gasteiger partial charge in [0.15, 0.2) is 11.6 Å². The fourth-order valence-corrected chi connectivity index (χ4v) is 5.03. The molecular formula is C22H28N10O4S. The van der Waals surface area contributed by atoms with E-state index in [0.29, 0.717) is 67.0 Å². The molecule has 4 N–H and O–H groups in total. The fraction of sp³-hybridized carbons (Fsp3) is 0.409. The Morgan fingerprint density at radius 3 is 2.73 bits per heavy atom. The van der Waals surface area contributed by atoms with Crippen LogP contribution in [0.25, 0.3) is 11.0 Å². The molecule has 1 fully saturated rings. The number of ether oxygens (including phenoxy) is 1. The van der Waals surface area contributed by atoms with Gasteiger partial charge in [-0.05, 0) is 11.6 Å². The van der Waals surface area contributed by atoms with Crippen LogP contribution >= 0.6 is 0 Å². The molecule has 1 aromatic carbocycles. The summed E-state index contributed by atoms with van der Waals surface area (Å²) in [7, 11) is -1.51. The van der Waals surface area contributed by atoms with E-state index in [-0.39, 0.29) is 12.0 Å². The number of hydrogen-bond acceptors (Lipinski definition) is 12. The molecule has 5 rings (SSSR count). The molecule has 0 saturated carbocycles. The first kappa shape index (κ1) is 24.9. The second-order valence-corrected chi connectivity index (χ2v) is 10.8. The molecule has 0 amide bonds. The Morgan fingerprint density at radius 1 is 1.22 bits per heavy atom. The van der Waals surface area contributed by atoms with Gasteiger partial charge in [-0.15, -0.1) is 0 Å². The lowest BCUT2D eigenvalue weighted by Crippen LogP contribution is -2.59. The van der Waals surface area contributed by atoms with E-state index in [1.165, 1.54) is 10.6 Å². The summed E-state index contributed by atoms with van der Waals surface area (Å²) in [6.07, 6.45) is 2.87. The predicted octanol–water partition coefficient (Wildman–Crippen LogP) is 0.502. The standard InChI is InChI=1S/C22H28N10O4S/c1-13-27-19(30-36-13)9-25-21-20-17(28-22(23)29-21)8-26-32(20)10-15-5-4-14(6-18(15)35-2)7-24-16-11-31(12-16)37(3,33)34/h4-6,8,16,24H,7,9-12H2,1-3H3,(H3,23,25,28,29). The number of methoxy groups -OCH3 is 1. The highest BCUT2D eigenvalue weighted by atomic mass is 32.2. The summed E-state index contributed by atoms with van der Waals surface area (Å²) in [5, 5.41) is 15.0. The van der Waals surface area contributed by atoms with E-state index in [1.54, 1.807) is 24.9 Å². The maximum absolute atomic E-state index is 11.6. The summed E-state index contributed by atoms with van der Waals surface area (Å²) < 4.78 is 37.0. The van der Waals surface area contributed by atoms with Gasteiger partial charge in [0.2, 0.25) is 21.9 Å². The third kappa shape index (κ3) is 5.47. The van der Waals surface area contributed by atoms with Crippen molar-refractivity contribution in [2.75, 3.05) is 37.5 Å². The highest BCUT2D eigenvalue weighted by Gasteiger charge is 2.32. The van der Waals surface area contributed by atoms with E-state index in [1.807, 2.05) is 18.2 Å².